The number of thioether (sulfide) groups is 1. The summed E-state index contributed by atoms with van der Waals surface area (Å²) in [7, 11) is 0. The zero-order valence-corrected chi connectivity index (χ0v) is 13.6. The van der Waals surface area contributed by atoms with E-state index in [-0.39, 0.29) is 5.60 Å². The number of hydrogen-bond donors (Lipinski definition) is 1. The summed E-state index contributed by atoms with van der Waals surface area (Å²) in [5.74, 6) is 3.09. The zero-order valence-electron chi connectivity index (χ0n) is 12.8. The molecule has 0 saturated carbocycles. The van der Waals surface area contributed by atoms with E-state index in [4.69, 9.17) is 4.74 Å². The molecule has 1 N–H and O–H groups in total. The largest absolute Gasteiger partial charge is 0.375 e. The number of aromatic nitrogens is 2. The molecular formula is C16H25N3OS. The summed E-state index contributed by atoms with van der Waals surface area (Å²) in [5, 5.41) is 3.64. The van der Waals surface area contributed by atoms with Gasteiger partial charge < -0.3 is 10.1 Å². The average molecular weight is 307 g/mol. The lowest BCUT2D eigenvalue weighted by Gasteiger charge is -2.45. The number of hydrogen-bond acceptors (Lipinski definition) is 5. The molecule has 0 amide bonds. The molecule has 5 heteroatoms. The summed E-state index contributed by atoms with van der Waals surface area (Å²) >= 11 is 2.06. The van der Waals surface area contributed by atoms with Gasteiger partial charge in [-0.1, -0.05) is 6.92 Å². The predicted octanol–water partition coefficient (Wildman–Crippen LogP) is 2.82. The Hall–Kier alpha value is -0.650. The van der Waals surface area contributed by atoms with Crippen LogP contribution in [0.1, 0.15) is 44.3 Å². The second kappa shape index (κ2) is 7.07. The molecule has 0 radical (unpaired) electrons. The van der Waals surface area contributed by atoms with Gasteiger partial charge in [0.25, 0.3) is 0 Å². The smallest absolute Gasteiger partial charge is 0.115 e. The first-order valence-corrected chi connectivity index (χ1v) is 9.19. The van der Waals surface area contributed by atoms with Gasteiger partial charge in [0.15, 0.2) is 0 Å². The van der Waals surface area contributed by atoms with Crippen LogP contribution in [0.4, 0.5) is 0 Å². The van der Waals surface area contributed by atoms with Crippen molar-refractivity contribution in [3.8, 4) is 0 Å². The quantitative estimate of drug-likeness (QED) is 0.927. The number of nitrogens with one attached hydrogen (secondary N) is 1. The monoisotopic (exact) mass is 307 g/mol. The average Bonchev–Trinajstić information content (AvgIpc) is 2.54. The van der Waals surface area contributed by atoms with E-state index in [9.17, 15) is 0 Å². The van der Waals surface area contributed by atoms with E-state index in [1.165, 1.54) is 24.3 Å². The normalized spacial score (nSPS) is 26.6. The van der Waals surface area contributed by atoms with Crippen LogP contribution in [0.15, 0.2) is 18.6 Å². The van der Waals surface area contributed by atoms with E-state index in [2.05, 4.69) is 34.0 Å². The molecule has 1 spiro atoms. The Morgan fingerprint density at radius 1 is 1.48 bits per heavy atom. The molecule has 2 aliphatic heterocycles. The first-order valence-electron chi connectivity index (χ1n) is 8.04. The molecule has 3 heterocycles. The molecule has 21 heavy (non-hydrogen) atoms. The van der Waals surface area contributed by atoms with Crippen molar-refractivity contribution in [2.24, 2.45) is 5.92 Å². The Bertz CT molecular complexity index is 431. The van der Waals surface area contributed by atoms with E-state index >= 15 is 0 Å². The topological polar surface area (TPSA) is 47.0 Å². The fourth-order valence-electron chi connectivity index (χ4n) is 3.66. The molecule has 3 rings (SSSR count). The molecule has 0 aromatic carbocycles. The minimum atomic E-state index is 0.134. The molecule has 2 unspecified atom stereocenters. The molecule has 2 atom stereocenters. The fraction of sp³-hybridized carbons (Fsp3) is 0.750. The maximum atomic E-state index is 6.23. The maximum absolute atomic E-state index is 6.23. The van der Waals surface area contributed by atoms with Crippen molar-refractivity contribution in [3.63, 3.8) is 0 Å². The standard InChI is InChI=1S/C16H25N3OS/c1-2-18-15(14-3-7-17-12-19-14)13-4-8-20-16(11-13)5-9-21-10-6-16/h3,7,12-13,15,18H,2,4-6,8-11H2,1H3. The van der Waals surface area contributed by atoms with Crippen molar-refractivity contribution in [2.75, 3.05) is 24.7 Å². The van der Waals surface area contributed by atoms with Crippen LogP contribution in [0, 0.1) is 5.92 Å². The van der Waals surface area contributed by atoms with Crippen LogP contribution in [-0.2, 0) is 4.74 Å². The van der Waals surface area contributed by atoms with Gasteiger partial charge in [0, 0.05) is 12.8 Å². The Morgan fingerprint density at radius 3 is 3.05 bits per heavy atom. The van der Waals surface area contributed by atoms with Gasteiger partial charge in [-0.15, -0.1) is 0 Å². The van der Waals surface area contributed by atoms with Crippen LogP contribution in [0.3, 0.4) is 0 Å². The van der Waals surface area contributed by atoms with Gasteiger partial charge in [-0.3, -0.25) is 0 Å². The summed E-state index contributed by atoms with van der Waals surface area (Å²) in [4.78, 5) is 8.54. The lowest BCUT2D eigenvalue weighted by atomic mass is 9.78. The van der Waals surface area contributed by atoms with Crippen LogP contribution in [-0.4, -0.2) is 40.2 Å². The van der Waals surface area contributed by atoms with Crippen molar-refractivity contribution in [2.45, 2.75) is 44.2 Å². The minimum absolute atomic E-state index is 0.134. The minimum Gasteiger partial charge on any atom is -0.375 e. The third kappa shape index (κ3) is 3.58. The fourth-order valence-corrected chi connectivity index (χ4v) is 4.90. The Kier molecular flexibility index (Phi) is 5.14. The van der Waals surface area contributed by atoms with Crippen molar-refractivity contribution < 1.29 is 4.74 Å². The number of ether oxygens (including phenoxy) is 1. The molecule has 2 aliphatic rings. The Labute approximate surface area is 131 Å². The molecule has 4 nitrogen and oxygen atoms in total. The van der Waals surface area contributed by atoms with Crippen LogP contribution >= 0.6 is 11.8 Å². The molecule has 2 saturated heterocycles. The van der Waals surface area contributed by atoms with Crippen LogP contribution in [0.25, 0.3) is 0 Å². The second-order valence-corrected chi connectivity index (χ2v) is 7.29. The van der Waals surface area contributed by atoms with Gasteiger partial charge in [-0.25, -0.2) is 9.97 Å². The molecule has 1 aromatic rings. The van der Waals surface area contributed by atoms with Crippen molar-refractivity contribution in [3.05, 3.63) is 24.3 Å². The zero-order chi connectivity index (χ0) is 14.5. The highest BCUT2D eigenvalue weighted by Crippen LogP contribution is 2.43. The second-order valence-electron chi connectivity index (χ2n) is 6.07. The van der Waals surface area contributed by atoms with Gasteiger partial charge in [-0.2, -0.15) is 11.8 Å². The van der Waals surface area contributed by atoms with Crippen molar-refractivity contribution in [1.82, 2.24) is 15.3 Å². The SMILES string of the molecule is CCNC(c1ccncn1)C1CCOC2(CCSCC2)C1. The first kappa shape index (κ1) is 15.3. The molecule has 0 aliphatic carbocycles. The lowest BCUT2D eigenvalue weighted by molar-refractivity contribution is -0.107. The molecular weight excluding hydrogens is 282 g/mol. The van der Waals surface area contributed by atoms with Crippen molar-refractivity contribution in [1.29, 1.82) is 0 Å². The third-order valence-electron chi connectivity index (χ3n) is 4.75. The molecule has 1 aromatic heterocycles. The third-order valence-corrected chi connectivity index (χ3v) is 5.74. The molecule has 0 bridgehead atoms. The Balaban J connectivity index is 1.76. The van der Waals surface area contributed by atoms with Gasteiger partial charge in [0.05, 0.1) is 17.3 Å². The predicted molar refractivity (Wildman–Crippen MR) is 86.4 cm³/mol. The van der Waals surface area contributed by atoms with Crippen LogP contribution in [0.5, 0.6) is 0 Å². The van der Waals surface area contributed by atoms with E-state index in [1.54, 1.807) is 6.33 Å². The highest BCUT2D eigenvalue weighted by molar-refractivity contribution is 7.99. The number of rotatable bonds is 4. The summed E-state index contributed by atoms with van der Waals surface area (Å²) in [6.07, 6.45) is 8.20. The van der Waals surface area contributed by atoms with Crippen molar-refractivity contribution >= 4 is 11.8 Å². The van der Waals surface area contributed by atoms with E-state index in [0.717, 1.165) is 31.7 Å². The lowest BCUT2D eigenvalue weighted by Crippen LogP contribution is -2.46. The van der Waals surface area contributed by atoms with Gasteiger partial charge in [0.1, 0.15) is 6.33 Å². The highest BCUT2D eigenvalue weighted by Gasteiger charge is 2.41. The summed E-state index contributed by atoms with van der Waals surface area (Å²) in [6, 6.07) is 2.37. The van der Waals surface area contributed by atoms with Gasteiger partial charge in [0.2, 0.25) is 0 Å². The molecule has 116 valence electrons. The highest BCUT2D eigenvalue weighted by atomic mass is 32.2. The van der Waals surface area contributed by atoms with E-state index < -0.39 is 0 Å². The van der Waals surface area contributed by atoms with Gasteiger partial charge in [-0.05, 0) is 55.7 Å². The summed E-state index contributed by atoms with van der Waals surface area (Å²) < 4.78 is 6.23. The van der Waals surface area contributed by atoms with Crippen LogP contribution in [0.2, 0.25) is 0 Å². The van der Waals surface area contributed by atoms with Crippen LogP contribution < -0.4 is 5.32 Å². The maximum Gasteiger partial charge on any atom is 0.115 e. The first-order chi connectivity index (χ1) is 10.3. The van der Waals surface area contributed by atoms with E-state index in [0.29, 0.717) is 12.0 Å². The van der Waals surface area contributed by atoms with E-state index in [1.807, 2.05) is 12.3 Å². The molecule has 2 fully saturated rings. The number of nitrogens with zero attached hydrogens (tertiary/aromatic N) is 2. The Morgan fingerprint density at radius 2 is 2.33 bits per heavy atom. The van der Waals surface area contributed by atoms with Gasteiger partial charge >= 0.3 is 0 Å². The summed E-state index contributed by atoms with van der Waals surface area (Å²) in [6.45, 7) is 4.03. The summed E-state index contributed by atoms with van der Waals surface area (Å²) in [5.41, 5.74) is 1.26.